The van der Waals surface area contributed by atoms with Crippen LogP contribution in [-0.2, 0) is 11.3 Å². The highest BCUT2D eigenvalue weighted by atomic mass is 16.5. The Morgan fingerprint density at radius 2 is 1.74 bits per heavy atom. The van der Waals surface area contributed by atoms with E-state index in [1.54, 1.807) is 12.1 Å². The number of carbonyl (C=O) groups excluding carboxylic acids is 1. The van der Waals surface area contributed by atoms with E-state index in [2.05, 4.69) is 55.1 Å². The molecule has 1 rings (SSSR count). The van der Waals surface area contributed by atoms with Crippen molar-refractivity contribution in [2.24, 2.45) is 4.99 Å². The zero-order valence-electron chi connectivity index (χ0n) is 17.7. The lowest BCUT2D eigenvalue weighted by Crippen LogP contribution is -2.41. The van der Waals surface area contributed by atoms with E-state index in [0.717, 1.165) is 37.6 Å². The minimum Gasteiger partial charge on any atom is -0.465 e. The number of hydrogen-bond acceptors (Lipinski definition) is 4. The highest BCUT2D eigenvalue weighted by Crippen LogP contribution is 2.07. The van der Waals surface area contributed by atoms with E-state index < -0.39 is 0 Å². The second-order valence-corrected chi connectivity index (χ2v) is 7.09. The highest BCUT2D eigenvalue weighted by molar-refractivity contribution is 5.89. The zero-order valence-corrected chi connectivity index (χ0v) is 17.7. The number of carbonyl (C=O) groups is 1. The summed E-state index contributed by atoms with van der Waals surface area (Å²) in [5.74, 6) is 0.493. The molecule has 27 heavy (non-hydrogen) atoms. The molecule has 152 valence electrons. The summed E-state index contributed by atoms with van der Waals surface area (Å²) < 4.78 is 4.72. The van der Waals surface area contributed by atoms with Crippen LogP contribution in [0.2, 0.25) is 0 Å². The standard InChI is InChI=1S/C21H36N4O2/c1-7-22-21(23-13-8-14-25(16(2)3)17(4)5)24-15-18-9-11-19(12-10-18)20(26)27-6/h9-12,16-17H,7-8,13-15H2,1-6H3,(H2,22,23,24). The molecular weight excluding hydrogens is 340 g/mol. The second-order valence-electron chi connectivity index (χ2n) is 7.09. The molecule has 6 heteroatoms. The Labute approximate surface area is 164 Å². The predicted octanol–water partition coefficient (Wildman–Crippen LogP) is 3.04. The first-order chi connectivity index (χ1) is 12.9. The molecule has 1 aromatic rings. The number of aliphatic imine (C=N–C) groups is 1. The summed E-state index contributed by atoms with van der Waals surface area (Å²) >= 11 is 0. The highest BCUT2D eigenvalue weighted by Gasteiger charge is 2.12. The molecule has 0 radical (unpaired) electrons. The molecule has 0 spiro atoms. The largest absolute Gasteiger partial charge is 0.465 e. The van der Waals surface area contributed by atoms with E-state index in [0.29, 0.717) is 24.2 Å². The van der Waals surface area contributed by atoms with Gasteiger partial charge in [-0.05, 0) is 58.7 Å². The van der Waals surface area contributed by atoms with Crippen molar-refractivity contribution < 1.29 is 9.53 Å². The molecule has 1 aromatic carbocycles. The minimum absolute atomic E-state index is 0.322. The number of rotatable bonds is 10. The summed E-state index contributed by atoms with van der Waals surface area (Å²) in [5.41, 5.74) is 1.60. The quantitative estimate of drug-likeness (QED) is 0.284. The summed E-state index contributed by atoms with van der Waals surface area (Å²) in [6, 6.07) is 8.46. The molecule has 0 aliphatic heterocycles. The lowest BCUT2D eigenvalue weighted by Gasteiger charge is -2.30. The number of guanidine groups is 1. The minimum atomic E-state index is -0.322. The fourth-order valence-corrected chi connectivity index (χ4v) is 2.96. The number of nitrogens with zero attached hydrogens (tertiary/aromatic N) is 2. The van der Waals surface area contributed by atoms with Crippen LogP contribution in [0, 0.1) is 0 Å². The molecule has 0 saturated carbocycles. The molecule has 0 amide bonds. The summed E-state index contributed by atoms with van der Waals surface area (Å²) in [5, 5.41) is 6.68. The van der Waals surface area contributed by atoms with Gasteiger partial charge in [0.2, 0.25) is 0 Å². The van der Waals surface area contributed by atoms with E-state index in [4.69, 9.17) is 4.74 Å². The van der Waals surface area contributed by atoms with E-state index in [9.17, 15) is 4.79 Å². The topological polar surface area (TPSA) is 66.0 Å². The summed E-state index contributed by atoms with van der Waals surface area (Å²) in [6.07, 6.45) is 1.06. The molecule has 0 fully saturated rings. The van der Waals surface area contributed by atoms with Crippen molar-refractivity contribution in [1.82, 2.24) is 15.5 Å². The average Bonchev–Trinajstić information content (AvgIpc) is 2.64. The van der Waals surface area contributed by atoms with Crippen LogP contribution in [0.3, 0.4) is 0 Å². The zero-order chi connectivity index (χ0) is 20.2. The van der Waals surface area contributed by atoms with E-state index in [1.165, 1.54) is 7.11 Å². The number of esters is 1. The van der Waals surface area contributed by atoms with Crippen molar-refractivity contribution in [3.8, 4) is 0 Å². The Balaban J connectivity index is 2.53. The Hall–Kier alpha value is -2.08. The fourth-order valence-electron chi connectivity index (χ4n) is 2.96. The van der Waals surface area contributed by atoms with Gasteiger partial charge in [-0.2, -0.15) is 0 Å². The van der Waals surface area contributed by atoms with Crippen LogP contribution >= 0.6 is 0 Å². The summed E-state index contributed by atoms with van der Waals surface area (Å²) in [6.45, 7) is 14.3. The van der Waals surface area contributed by atoms with Gasteiger partial charge in [0.25, 0.3) is 0 Å². The number of methoxy groups -OCH3 is 1. The maximum atomic E-state index is 11.5. The molecule has 0 heterocycles. The molecule has 0 unspecified atom stereocenters. The lowest BCUT2D eigenvalue weighted by molar-refractivity contribution is 0.0600. The lowest BCUT2D eigenvalue weighted by atomic mass is 10.1. The van der Waals surface area contributed by atoms with Gasteiger partial charge in [0, 0.05) is 31.7 Å². The van der Waals surface area contributed by atoms with Gasteiger partial charge in [-0.25, -0.2) is 9.79 Å². The third-order valence-corrected chi connectivity index (χ3v) is 4.35. The normalized spacial score (nSPS) is 12.0. The van der Waals surface area contributed by atoms with Crippen molar-refractivity contribution in [3.05, 3.63) is 35.4 Å². The van der Waals surface area contributed by atoms with Crippen LogP contribution in [0.25, 0.3) is 0 Å². The van der Waals surface area contributed by atoms with E-state index >= 15 is 0 Å². The number of ether oxygens (including phenoxy) is 1. The fraction of sp³-hybridized carbons (Fsp3) is 0.619. The van der Waals surface area contributed by atoms with Gasteiger partial charge in [-0.1, -0.05) is 12.1 Å². The van der Waals surface area contributed by atoms with Crippen LogP contribution < -0.4 is 10.6 Å². The first-order valence-electron chi connectivity index (χ1n) is 9.84. The maximum absolute atomic E-state index is 11.5. The van der Waals surface area contributed by atoms with Gasteiger partial charge in [-0.15, -0.1) is 0 Å². The van der Waals surface area contributed by atoms with Gasteiger partial charge in [-0.3, -0.25) is 4.90 Å². The molecular formula is C21H36N4O2. The third kappa shape index (κ3) is 8.43. The maximum Gasteiger partial charge on any atom is 0.337 e. The van der Waals surface area contributed by atoms with Gasteiger partial charge < -0.3 is 15.4 Å². The molecule has 2 N–H and O–H groups in total. The summed E-state index contributed by atoms with van der Waals surface area (Å²) in [4.78, 5) is 18.6. The van der Waals surface area contributed by atoms with E-state index in [-0.39, 0.29) is 5.97 Å². The van der Waals surface area contributed by atoms with Gasteiger partial charge in [0.15, 0.2) is 5.96 Å². The predicted molar refractivity (Wildman–Crippen MR) is 112 cm³/mol. The molecule has 0 aliphatic carbocycles. The van der Waals surface area contributed by atoms with Gasteiger partial charge >= 0.3 is 5.97 Å². The van der Waals surface area contributed by atoms with E-state index in [1.807, 2.05) is 12.1 Å². The Morgan fingerprint density at radius 3 is 2.26 bits per heavy atom. The Morgan fingerprint density at radius 1 is 1.11 bits per heavy atom. The Bertz CT molecular complexity index is 574. The SMILES string of the molecule is CCNC(=NCc1ccc(C(=O)OC)cc1)NCCCN(C(C)C)C(C)C. The van der Waals surface area contributed by atoms with Crippen LogP contribution in [0.5, 0.6) is 0 Å². The molecule has 0 aliphatic rings. The number of nitrogens with one attached hydrogen (secondary N) is 2. The molecule has 0 atom stereocenters. The van der Waals surface area contributed by atoms with Crippen molar-refractivity contribution in [2.45, 2.75) is 59.7 Å². The van der Waals surface area contributed by atoms with Crippen LogP contribution in [0.1, 0.15) is 57.0 Å². The van der Waals surface area contributed by atoms with Crippen molar-refractivity contribution in [3.63, 3.8) is 0 Å². The monoisotopic (exact) mass is 376 g/mol. The first kappa shape index (κ1) is 23.0. The number of benzene rings is 1. The molecule has 0 bridgehead atoms. The molecule has 0 saturated heterocycles. The van der Waals surface area contributed by atoms with Gasteiger partial charge in [0.05, 0.1) is 19.2 Å². The average molecular weight is 377 g/mol. The second kappa shape index (κ2) is 12.3. The van der Waals surface area contributed by atoms with Gasteiger partial charge in [0.1, 0.15) is 0 Å². The van der Waals surface area contributed by atoms with Crippen LogP contribution in [-0.4, -0.2) is 55.7 Å². The molecule has 0 aromatic heterocycles. The van der Waals surface area contributed by atoms with Crippen molar-refractivity contribution in [2.75, 3.05) is 26.7 Å². The van der Waals surface area contributed by atoms with Crippen LogP contribution in [0.4, 0.5) is 0 Å². The molecule has 6 nitrogen and oxygen atoms in total. The summed E-state index contributed by atoms with van der Waals surface area (Å²) in [7, 11) is 1.39. The smallest absolute Gasteiger partial charge is 0.337 e. The van der Waals surface area contributed by atoms with Crippen molar-refractivity contribution in [1.29, 1.82) is 0 Å². The Kier molecular flexibility index (Phi) is 10.5. The number of hydrogen-bond donors (Lipinski definition) is 2. The third-order valence-electron chi connectivity index (χ3n) is 4.35. The van der Waals surface area contributed by atoms with Crippen LogP contribution in [0.15, 0.2) is 29.3 Å². The van der Waals surface area contributed by atoms with Crippen molar-refractivity contribution >= 4 is 11.9 Å². The first-order valence-corrected chi connectivity index (χ1v) is 9.84.